The molecule has 1 atom stereocenters. The van der Waals surface area contributed by atoms with E-state index in [1.165, 1.54) is 0 Å². The minimum atomic E-state index is 0.118. The summed E-state index contributed by atoms with van der Waals surface area (Å²) in [5.41, 5.74) is 2.27. The second kappa shape index (κ2) is 6.21. The first kappa shape index (κ1) is 13.5. The van der Waals surface area contributed by atoms with Crippen molar-refractivity contribution in [2.45, 2.75) is 45.7 Å². The molecular weight excluding hydrogens is 220 g/mol. The van der Waals surface area contributed by atoms with Gasteiger partial charge in [0.1, 0.15) is 0 Å². The van der Waals surface area contributed by atoms with Crippen molar-refractivity contribution in [3.63, 3.8) is 0 Å². The van der Waals surface area contributed by atoms with E-state index in [0.717, 1.165) is 30.8 Å². The van der Waals surface area contributed by atoms with E-state index >= 15 is 0 Å². The van der Waals surface area contributed by atoms with E-state index < -0.39 is 0 Å². The topological polar surface area (TPSA) is 24.9 Å². The van der Waals surface area contributed by atoms with Crippen molar-refractivity contribution in [1.82, 2.24) is 10.3 Å². The molecule has 0 aromatic carbocycles. The van der Waals surface area contributed by atoms with Crippen LogP contribution in [0.5, 0.6) is 0 Å². The molecule has 0 saturated heterocycles. The number of pyridine rings is 1. The maximum Gasteiger partial charge on any atom is 0.0545 e. The third-order valence-electron chi connectivity index (χ3n) is 3.07. The largest absolute Gasteiger partial charge is 0.306 e. The Morgan fingerprint density at radius 2 is 2.19 bits per heavy atom. The Kier molecular flexibility index (Phi) is 5.23. The molecule has 1 rings (SSSR count). The summed E-state index contributed by atoms with van der Waals surface area (Å²) < 4.78 is 0. The standard InChI is InChI=1S/C13H21ClN2/c1-4-13(3,8-9-14)15-10-12-7-5-6-11(2)16-12/h5-7,15H,4,8-10H2,1-3H3. The second-order valence-corrected chi connectivity index (χ2v) is 4.86. The summed E-state index contributed by atoms with van der Waals surface area (Å²) in [6.07, 6.45) is 2.06. The van der Waals surface area contributed by atoms with Gasteiger partial charge in [-0.15, -0.1) is 11.6 Å². The monoisotopic (exact) mass is 240 g/mol. The average Bonchev–Trinajstić information content (AvgIpc) is 2.27. The van der Waals surface area contributed by atoms with Crippen LogP contribution in [0.25, 0.3) is 0 Å². The van der Waals surface area contributed by atoms with E-state index in [0.29, 0.717) is 5.88 Å². The van der Waals surface area contributed by atoms with Gasteiger partial charge in [0.05, 0.1) is 5.69 Å². The van der Waals surface area contributed by atoms with Gasteiger partial charge >= 0.3 is 0 Å². The number of rotatable bonds is 6. The minimum Gasteiger partial charge on any atom is -0.306 e. The fourth-order valence-electron chi connectivity index (χ4n) is 1.60. The van der Waals surface area contributed by atoms with Gasteiger partial charge in [0, 0.05) is 23.7 Å². The number of alkyl halides is 1. The summed E-state index contributed by atoms with van der Waals surface area (Å²) in [5, 5.41) is 3.54. The molecule has 0 aliphatic rings. The maximum absolute atomic E-state index is 5.82. The molecule has 0 spiro atoms. The SMILES string of the molecule is CCC(C)(CCCl)NCc1cccc(C)n1. The molecule has 0 amide bonds. The van der Waals surface area contributed by atoms with Crippen LogP contribution in [0.4, 0.5) is 0 Å². The van der Waals surface area contributed by atoms with E-state index in [9.17, 15) is 0 Å². The highest BCUT2D eigenvalue weighted by Crippen LogP contribution is 2.15. The smallest absolute Gasteiger partial charge is 0.0545 e. The molecule has 2 nitrogen and oxygen atoms in total. The number of halogens is 1. The van der Waals surface area contributed by atoms with Gasteiger partial charge in [0.15, 0.2) is 0 Å². The van der Waals surface area contributed by atoms with Crippen LogP contribution < -0.4 is 5.32 Å². The molecule has 0 saturated carbocycles. The van der Waals surface area contributed by atoms with Crippen LogP contribution >= 0.6 is 11.6 Å². The molecule has 16 heavy (non-hydrogen) atoms. The van der Waals surface area contributed by atoms with Crippen LogP contribution in [-0.2, 0) is 6.54 Å². The van der Waals surface area contributed by atoms with Gasteiger partial charge < -0.3 is 5.32 Å². The van der Waals surface area contributed by atoms with Gasteiger partial charge in [-0.25, -0.2) is 0 Å². The Hall–Kier alpha value is -0.600. The van der Waals surface area contributed by atoms with E-state index in [1.54, 1.807) is 0 Å². The lowest BCUT2D eigenvalue weighted by molar-refractivity contribution is 0.329. The molecule has 0 bridgehead atoms. The third kappa shape index (κ3) is 4.11. The first-order chi connectivity index (χ1) is 7.59. The Morgan fingerprint density at radius 3 is 2.75 bits per heavy atom. The van der Waals surface area contributed by atoms with Crippen molar-refractivity contribution in [3.8, 4) is 0 Å². The van der Waals surface area contributed by atoms with Gasteiger partial charge in [-0.05, 0) is 38.8 Å². The summed E-state index contributed by atoms with van der Waals surface area (Å²) in [6.45, 7) is 7.22. The third-order valence-corrected chi connectivity index (χ3v) is 3.26. The molecule has 1 aromatic rings. The van der Waals surface area contributed by atoms with Gasteiger partial charge in [0.25, 0.3) is 0 Å². The number of hydrogen-bond donors (Lipinski definition) is 1. The van der Waals surface area contributed by atoms with Crippen LogP contribution in [0.2, 0.25) is 0 Å². The summed E-state index contributed by atoms with van der Waals surface area (Å²) >= 11 is 5.82. The number of nitrogens with one attached hydrogen (secondary N) is 1. The highest BCUT2D eigenvalue weighted by Gasteiger charge is 2.20. The maximum atomic E-state index is 5.82. The van der Waals surface area contributed by atoms with Gasteiger partial charge in [0.2, 0.25) is 0 Å². The molecule has 0 aliphatic heterocycles. The zero-order valence-electron chi connectivity index (χ0n) is 10.4. The average molecular weight is 241 g/mol. The second-order valence-electron chi connectivity index (χ2n) is 4.48. The Labute approximate surface area is 103 Å². The van der Waals surface area contributed by atoms with Gasteiger partial charge in [-0.3, -0.25) is 4.98 Å². The number of nitrogens with zero attached hydrogens (tertiary/aromatic N) is 1. The lowest BCUT2D eigenvalue weighted by Gasteiger charge is -2.29. The lowest BCUT2D eigenvalue weighted by Crippen LogP contribution is -2.41. The van der Waals surface area contributed by atoms with Crippen molar-refractivity contribution in [2.75, 3.05) is 5.88 Å². The summed E-state index contributed by atoms with van der Waals surface area (Å²) in [4.78, 5) is 4.48. The Balaban J connectivity index is 2.55. The number of aromatic nitrogens is 1. The normalized spacial score (nSPS) is 14.8. The zero-order valence-corrected chi connectivity index (χ0v) is 11.1. The summed E-state index contributed by atoms with van der Waals surface area (Å²) in [6, 6.07) is 6.11. The predicted molar refractivity (Wildman–Crippen MR) is 69.8 cm³/mol. The Bertz CT molecular complexity index is 327. The van der Waals surface area contributed by atoms with E-state index in [1.807, 2.05) is 19.1 Å². The molecule has 1 unspecified atom stereocenters. The van der Waals surface area contributed by atoms with Gasteiger partial charge in [-0.2, -0.15) is 0 Å². The van der Waals surface area contributed by atoms with Crippen molar-refractivity contribution >= 4 is 11.6 Å². The predicted octanol–water partition coefficient (Wildman–Crippen LogP) is 3.28. The van der Waals surface area contributed by atoms with Crippen LogP contribution in [0.3, 0.4) is 0 Å². The molecule has 0 aliphatic carbocycles. The molecule has 0 radical (unpaired) electrons. The van der Waals surface area contributed by atoms with Crippen molar-refractivity contribution < 1.29 is 0 Å². The quantitative estimate of drug-likeness (QED) is 0.772. The van der Waals surface area contributed by atoms with Crippen molar-refractivity contribution in [3.05, 3.63) is 29.6 Å². The highest BCUT2D eigenvalue weighted by molar-refractivity contribution is 6.17. The summed E-state index contributed by atoms with van der Waals surface area (Å²) in [7, 11) is 0. The summed E-state index contributed by atoms with van der Waals surface area (Å²) in [5.74, 6) is 0.693. The van der Waals surface area contributed by atoms with Crippen LogP contribution in [-0.4, -0.2) is 16.4 Å². The Morgan fingerprint density at radius 1 is 1.44 bits per heavy atom. The number of hydrogen-bond acceptors (Lipinski definition) is 2. The molecule has 0 fully saturated rings. The number of aryl methyl sites for hydroxylation is 1. The van der Waals surface area contributed by atoms with Crippen LogP contribution in [0.15, 0.2) is 18.2 Å². The fraction of sp³-hybridized carbons (Fsp3) is 0.615. The lowest BCUT2D eigenvalue weighted by atomic mass is 9.95. The van der Waals surface area contributed by atoms with Crippen LogP contribution in [0.1, 0.15) is 38.1 Å². The van der Waals surface area contributed by atoms with E-state index in [4.69, 9.17) is 11.6 Å². The first-order valence-electron chi connectivity index (χ1n) is 5.83. The molecule has 90 valence electrons. The van der Waals surface area contributed by atoms with Crippen LogP contribution in [0, 0.1) is 6.92 Å². The van der Waals surface area contributed by atoms with Gasteiger partial charge in [-0.1, -0.05) is 13.0 Å². The fourth-order valence-corrected chi connectivity index (χ4v) is 2.02. The molecule has 3 heteroatoms. The minimum absolute atomic E-state index is 0.118. The van der Waals surface area contributed by atoms with E-state index in [2.05, 4.69) is 30.2 Å². The molecule has 1 heterocycles. The molecular formula is C13H21ClN2. The van der Waals surface area contributed by atoms with E-state index in [-0.39, 0.29) is 5.54 Å². The first-order valence-corrected chi connectivity index (χ1v) is 6.36. The van der Waals surface area contributed by atoms with Crippen molar-refractivity contribution in [2.24, 2.45) is 0 Å². The zero-order chi connectivity index (χ0) is 12.0. The highest BCUT2D eigenvalue weighted by atomic mass is 35.5. The van der Waals surface area contributed by atoms with Crippen molar-refractivity contribution in [1.29, 1.82) is 0 Å². The molecule has 1 N–H and O–H groups in total. The molecule has 1 aromatic heterocycles.